The average molecular weight is 463 g/mol. The van der Waals surface area contributed by atoms with Gasteiger partial charge in [0.05, 0.1) is 0 Å². The lowest BCUT2D eigenvalue weighted by Gasteiger charge is -2.40. The molecular formula is C32H34N2O. The summed E-state index contributed by atoms with van der Waals surface area (Å²) < 4.78 is 0. The molecule has 5 rings (SSSR count). The van der Waals surface area contributed by atoms with Gasteiger partial charge < -0.3 is 10.2 Å². The van der Waals surface area contributed by atoms with E-state index in [1.807, 2.05) is 12.1 Å². The lowest BCUT2D eigenvalue weighted by molar-refractivity contribution is 0.0576. The highest BCUT2D eigenvalue weighted by Crippen LogP contribution is 2.25. The highest BCUT2D eigenvalue weighted by Gasteiger charge is 2.32. The largest absolute Gasteiger partial charge is 0.335 e. The van der Waals surface area contributed by atoms with Gasteiger partial charge in [-0.1, -0.05) is 90.0 Å². The molecule has 3 heteroatoms. The first-order valence-electron chi connectivity index (χ1n) is 12.7. The molecule has 2 atom stereocenters. The van der Waals surface area contributed by atoms with E-state index in [-0.39, 0.29) is 11.9 Å². The lowest BCUT2D eigenvalue weighted by atomic mass is 9.91. The van der Waals surface area contributed by atoms with E-state index in [1.54, 1.807) is 0 Å². The summed E-state index contributed by atoms with van der Waals surface area (Å²) in [5.74, 6) is 0.158. The highest BCUT2D eigenvalue weighted by atomic mass is 16.2. The molecule has 1 fully saturated rings. The van der Waals surface area contributed by atoms with Gasteiger partial charge in [-0.25, -0.2) is 0 Å². The molecule has 1 N–H and O–H groups in total. The third-order valence-corrected chi connectivity index (χ3v) is 7.22. The van der Waals surface area contributed by atoms with Gasteiger partial charge in [0.15, 0.2) is 0 Å². The average Bonchev–Trinajstić information content (AvgIpc) is 2.87. The Morgan fingerprint density at radius 1 is 0.886 bits per heavy atom. The van der Waals surface area contributed by atoms with Crippen LogP contribution in [-0.4, -0.2) is 29.4 Å². The smallest absolute Gasteiger partial charge is 0.254 e. The second-order valence-corrected chi connectivity index (χ2v) is 9.96. The monoisotopic (exact) mass is 462 g/mol. The maximum absolute atomic E-state index is 13.6. The lowest BCUT2D eigenvalue weighted by Crippen LogP contribution is -2.51. The summed E-state index contributed by atoms with van der Waals surface area (Å²) in [6.45, 7) is 5.75. The number of hydrogen-bond acceptors (Lipinski definition) is 2. The Kier molecular flexibility index (Phi) is 6.96. The van der Waals surface area contributed by atoms with Gasteiger partial charge in [0.1, 0.15) is 0 Å². The van der Waals surface area contributed by atoms with Crippen LogP contribution in [0.25, 0.3) is 10.8 Å². The summed E-state index contributed by atoms with van der Waals surface area (Å²) in [6.07, 6.45) is 2.80. The van der Waals surface area contributed by atoms with Crippen LogP contribution in [0.3, 0.4) is 0 Å². The Bertz CT molecular complexity index is 1290. The molecule has 0 aromatic heterocycles. The molecule has 1 heterocycles. The Hall–Kier alpha value is -3.43. The minimum Gasteiger partial charge on any atom is -0.335 e. The summed E-state index contributed by atoms with van der Waals surface area (Å²) in [7, 11) is 0. The maximum Gasteiger partial charge on any atom is 0.254 e. The van der Waals surface area contributed by atoms with E-state index in [1.165, 1.54) is 21.9 Å². The van der Waals surface area contributed by atoms with Gasteiger partial charge in [-0.15, -0.1) is 0 Å². The van der Waals surface area contributed by atoms with Gasteiger partial charge in [-0.2, -0.15) is 0 Å². The number of carbonyl (C=O) groups is 1. The molecule has 35 heavy (non-hydrogen) atoms. The van der Waals surface area contributed by atoms with Crippen LogP contribution in [0.4, 0.5) is 0 Å². The molecule has 3 nitrogen and oxygen atoms in total. The zero-order valence-electron chi connectivity index (χ0n) is 20.7. The molecular weight excluding hydrogens is 428 g/mol. The van der Waals surface area contributed by atoms with E-state index in [0.29, 0.717) is 6.04 Å². The van der Waals surface area contributed by atoms with Gasteiger partial charge in [0.25, 0.3) is 5.91 Å². The van der Waals surface area contributed by atoms with Crippen molar-refractivity contribution < 1.29 is 4.79 Å². The van der Waals surface area contributed by atoms with Crippen molar-refractivity contribution in [3.8, 4) is 0 Å². The van der Waals surface area contributed by atoms with Crippen molar-refractivity contribution in [2.45, 2.75) is 51.7 Å². The standard InChI is InChI=1S/C32H34N2O/c1-23-17-24(2)19-28(18-23)32(35)34-16-15-29(21-30(34)20-25-9-4-3-5-10-25)33-22-27-13-8-12-26-11-6-7-14-31(26)27/h3-14,17-19,29-30,33H,15-16,20-22H2,1-2H3. The third kappa shape index (κ3) is 5.47. The maximum atomic E-state index is 13.6. The van der Waals surface area contributed by atoms with Crippen LogP contribution in [0.15, 0.2) is 91.0 Å². The van der Waals surface area contributed by atoms with Gasteiger partial charge in [-0.05, 0) is 67.1 Å². The fraction of sp³-hybridized carbons (Fsp3) is 0.281. The predicted octanol–water partition coefficient (Wildman–Crippen LogP) is 6.46. The van der Waals surface area contributed by atoms with E-state index in [4.69, 9.17) is 0 Å². The molecule has 178 valence electrons. The van der Waals surface area contributed by atoms with Gasteiger partial charge in [0, 0.05) is 30.7 Å². The first-order chi connectivity index (χ1) is 17.1. The SMILES string of the molecule is Cc1cc(C)cc(C(=O)N2CCC(NCc3cccc4ccccc34)CC2Cc2ccccc2)c1. The summed E-state index contributed by atoms with van der Waals surface area (Å²) in [5.41, 5.74) is 5.70. The number of benzene rings is 4. The minimum atomic E-state index is 0.158. The van der Waals surface area contributed by atoms with Gasteiger partial charge >= 0.3 is 0 Å². The number of carbonyl (C=O) groups excluding carboxylic acids is 1. The first-order valence-corrected chi connectivity index (χ1v) is 12.7. The van der Waals surface area contributed by atoms with Crippen molar-refractivity contribution in [2.24, 2.45) is 0 Å². The molecule has 1 aliphatic rings. The van der Waals surface area contributed by atoms with Gasteiger partial charge in [0.2, 0.25) is 0 Å². The van der Waals surface area contributed by atoms with E-state index in [0.717, 1.165) is 49.0 Å². The summed E-state index contributed by atoms with van der Waals surface area (Å²) >= 11 is 0. The fourth-order valence-corrected chi connectivity index (χ4v) is 5.55. The second kappa shape index (κ2) is 10.5. The third-order valence-electron chi connectivity index (χ3n) is 7.22. The molecule has 0 radical (unpaired) electrons. The number of nitrogens with one attached hydrogen (secondary N) is 1. The summed E-state index contributed by atoms with van der Waals surface area (Å²) in [6, 6.07) is 32.4. The van der Waals surface area contributed by atoms with Crippen molar-refractivity contribution in [3.05, 3.63) is 119 Å². The molecule has 1 saturated heterocycles. The molecule has 1 amide bonds. The van der Waals surface area contributed by atoms with E-state index in [2.05, 4.69) is 103 Å². The van der Waals surface area contributed by atoms with Crippen LogP contribution < -0.4 is 5.32 Å². The van der Waals surface area contributed by atoms with Crippen LogP contribution in [-0.2, 0) is 13.0 Å². The van der Waals surface area contributed by atoms with Crippen molar-refractivity contribution in [1.29, 1.82) is 0 Å². The number of rotatable bonds is 6. The van der Waals surface area contributed by atoms with E-state index >= 15 is 0 Å². The number of aryl methyl sites for hydroxylation is 2. The normalized spacial score (nSPS) is 18.1. The number of piperidine rings is 1. The fourth-order valence-electron chi connectivity index (χ4n) is 5.55. The Labute approximate surface area is 208 Å². The van der Waals surface area contributed by atoms with Gasteiger partial charge in [-0.3, -0.25) is 4.79 Å². The molecule has 2 unspecified atom stereocenters. The second-order valence-electron chi connectivity index (χ2n) is 9.96. The van der Waals surface area contributed by atoms with Crippen LogP contribution >= 0.6 is 0 Å². The van der Waals surface area contributed by atoms with Crippen LogP contribution in [0.5, 0.6) is 0 Å². The van der Waals surface area contributed by atoms with Crippen molar-refractivity contribution in [3.63, 3.8) is 0 Å². The predicted molar refractivity (Wildman–Crippen MR) is 145 cm³/mol. The topological polar surface area (TPSA) is 32.3 Å². The number of nitrogens with zero attached hydrogens (tertiary/aromatic N) is 1. The highest BCUT2D eigenvalue weighted by molar-refractivity contribution is 5.95. The molecule has 1 aliphatic heterocycles. The Morgan fingerprint density at radius 3 is 2.40 bits per heavy atom. The molecule has 0 spiro atoms. The summed E-state index contributed by atoms with van der Waals surface area (Å²) in [4.78, 5) is 15.8. The zero-order valence-corrected chi connectivity index (χ0v) is 20.7. The van der Waals surface area contributed by atoms with E-state index in [9.17, 15) is 4.79 Å². The van der Waals surface area contributed by atoms with Crippen molar-refractivity contribution in [1.82, 2.24) is 10.2 Å². The van der Waals surface area contributed by atoms with Crippen molar-refractivity contribution in [2.75, 3.05) is 6.54 Å². The van der Waals surface area contributed by atoms with Crippen molar-refractivity contribution >= 4 is 16.7 Å². The molecule has 4 aromatic carbocycles. The molecule has 0 saturated carbocycles. The van der Waals surface area contributed by atoms with Crippen LogP contribution in [0, 0.1) is 13.8 Å². The van der Waals surface area contributed by atoms with E-state index < -0.39 is 0 Å². The van der Waals surface area contributed by atoms with Crippen LogP contribution in [0.2, 0.25) is 0 Å². The molecule has 0 bridgehead atoms. The minimum absolute atomic E-state index is 0.158. The molecule has 0 aliphatic carbocycles. The zero-order chi connectivity index (χ0) is 24.2. The first kappa shape index (κ1) is 23.3. The summed E-state index contributed by atoms with van der Waals surface area (Å²) in [5, 5.41) is 6.42. The molecule has 4 aromatic rings. The number of hydrogen-bond donors (Lipinski definition) is 1. The Balaban J connectivity index is 1.34. The van der Waals surface area contributed by atoms with Crippen LogP contribution in [0.1, 0.15) is 45.5 Å². The number of fused-ring (bicyclic) bond motifs is 1. The Morgan fingerprint density at radius 2 is 1.60 bits per heavy atom. The quantitative estimate of drug-likeness (QED) is 0.356. The number of amides is 1. The number of likely N-dealkylation sites (tertiary alicyclic amines) is 1.